The number of sulfonamides is 1. The molecular formula is C19H25N4O3S+. The van der Waals surface area contributed by atoms with Crippen LogP contribution in [0.4, 0.5) is 11.4 Å². The van der Waals surface area contributed by atoms with E-state index in [0.717, 1.165) is 30.6 Å². The molecule has 1 aliphatic heterocycles. The lowest BCUT2D eigenvalue weighted by atomic mass is 10.2. The fraction of sp³-hybridized carbons (Fsp3) is 0.368. The van der Waals surface area contributed by atoms with Gasteiger partial charge in [0.2, 0.25) is 15.9 Å². The van der Waals surface area contributed by atoms with Gasteiger partial charge >= 0.3 is 0 Å². The number of rotatable bonds is 5. The first-order chi connectivity index (χ1) is 12.9. The zero-order valence-corrected chi connectivity index (χ0v) is 16.4. The van der Waals surface area contributed by atoms with Crippen molar-refractivity contribution in [2.75, 3.05) is 48.2 Å². The van der Waals surface area contributed by atoms with Crippen LogP contribution in [0.15, 0.2) is 48.8 Å². The maximum Gasteiger partial charge on any atom is 0.243 e. The van der Waals surface area contributed by atoms with E-state index in [1.165, 1.54) is 4.31 Å². The number of piperazine rings is 1. The Kier molecular flexibility index (Phi) is 5.65. The van der Waals surface area contributed by atoms with Gasteiger partial charge in [-0.15, -0.1) is 0 Å². The van der Waals surface area contributed by atoms with Crippen LogP contribution in [0.25, 0.3) is 0 Å². The number of aryl methyl sites for hydroxylation is 1. The molecule has 3 rings (SSSR count). The molecule has 8 heteroatoms. The minimum Gasteiger partial charge on any atom is -0.368 e. The van der Waals surface area contributed by atoms with Gasteiger partial charge in [-0.05, 0) is 18.6 Å². The summed E-state index contributed by atoms with van der Waals surface area (Å²) >= 11 is 0. The predicted molar refractivity (Wildman–Crippen MR) is 105 cm³/mol. The minimum atomic E-state index is -3.56. The third-order valence-electron chi connectivity index (χ3n) is 4.76. The summed E-state index contributed by atoms with van der Waals surface area (Å²) in [5.41, 5.74) is 2.48. The van der Waals surface area contributed by atoms with E-state index in [1.807, 2.05) is 43.6 Å². The molecule has 1 N–H and O–H groups in total. The Balaban J connectivity index is 1.68. The predicted octanol–water partition coefficient (Wildman–Crippen LogP) is 0.924. The van der Waals surface area contributed by atoms with Crippen LogP contribution in [0.2, 0.25) is 0 Å². The third kappa shape index (κ3) is 4.57. The molecule has 1 aliphatic rings. The molecule has 1 amide bonds. The van der Waals surface area contributed by atoms with Gasteiger partial charge in [-0.25, -0.2) is 13.4 Å². The monoisotopic (exact) mass is 389 g/mol. The van der Waals surface area contributed by atoms with Crippen molar-refractivity contribution in [2.24, 2.45) is 0 Å². The molecule has 2 aromatic rings. The van der Waals surface area contributed by atoms with E-state index >= 15 is 0 Å². The van der Waals surface area contributed by atoms with E-state index in [4.69, 9.17) is 0 Å². The van der Waals surface area contributed by atoms with Gasteiger partial charge in [0.1, 0.15) is 6.54 Å². The second kappa shape index (κ2) is 7.96. The summed E-state index contributed by atoms with van der Waals surface area (Å²) < 4.78 is 25.8. The summed E-state index contributed by atoms with van der Waals surface area (Å²) in [6.07, 6.45) is 4.88. The Hall–Kier alpha value is -2.61. The number of nitrogens with one attached hydrogen (secondary N) is 1. The highest BCUT2D eigenvalue weighted by Crippen LogP contribution is 2.22. The molecule has 1 aromatic carbocycles. The molecule has 27 heavy (non-hydrogen) atoms. The molecule has 0 aliphatic carbocycles. The van der Waals surface area contributed by atoms with Gasteiger partial charge in [0, 0.05) is 44.0 Å². The van der Waals surface area contributed by atoms with E-state index in [-0.39, 0.29) is 12.5 Å². The molecule has 0 saturated carbocycles. The van der Waals surface area contributed by atoms with Crippen molar-refractivity contribution in [1.82, 2.24) is 4.90 Å². The van der Waals surface area contributed by atoms with E-state index in [2.05, 4.69) is 9.88 Å². The average Bonchev–Trinajstić information content (AvgIpc) is 2.66. The van der Waals surface area contributed by atoms with E-state index in [1.54, 1.807) is 17.0 Å². The van der Waals surface area contributed by atoms with Crippen LogP contribution in [-0.2, 0) is 14.8 Å². The molecule has 1 fully saturated rings. The average molecular weight is 390 g/mol. The number of carbonyl (C=O) groups is 1. The molecule has 0 atom stereocenters. The van der Waals surface area contributed by atoms with Crippen molar-refractivity contribution in [1.29, 1.82) is 0 Å². The zero-order chi connectivity index (χ0) is 19.4. The first-order valence-corrected chi connectivity index (χ1v) is 10.7. The molecular weight excluding hydrogens is 364 g/mol. The lowest BCUT2D eigenvalue weighted by molar-refractivity contribution is -0.377. The van der Waals surface area contributed by atoms with Crippen LogP contribution in [-0.4, -0.2) is 58.2 Å². The summed E-state index contributed by atoms with van der Waals surface area (Å²) in [4.78, 5) is 19.7. The fourth-order valence-corrected chi connectivity index (χ4v) is 4.16. The molecule has 144 valence electrons. The summed E-state index contributed by atoms with van der Waals surface area (Å²) in [5, 5.41) is 0. The number of amides is 1. The normalized spacial score (nSPS) is 14.9. The van der Waals surface area contributed by atoms with Crippen LogP contribution >= 0.6 is 0 Å². The van der Waals surface area contributed by atoms with Crippen molar-refractivity contribution < 1.29 is 18.2 Å². The van der Waals surface area contributed by atoms with Gasteiger partial charge < -0.3 is 9.80 Å². The van der Waals surface area contributed by atoms with Gasteiger partial charge in [-0.2, -0.15) is 0 Å². The quantitative estimate of drug-likeness (QED) is 0.762. The van der Waals surface area contributed by atoms with Gasteiger partial charge in [0.05, 0.1) is 11.9 Å². The maximum absolute atomic E-state index is 12.8. The standard InChI is InChI=1S/C19H24N4O3S/c1-16-5-3-4-6-18(16)23(27(2,25)26)15-19(24)22-13-11-21(12-14-22)17-7-9-20-10-8-17/h3-10H,11-15H2,1-2H3/p+1. The largest absolute Gasteiger partial charge is 0.368 e. The molecule has 0 radical (unpaired) electrons. The lowest BCUT2D eigenvalue weighted by Gasteiger charge is -2.36. The van der Waals surface area contributed by atoms with Crippen molar-refractivity contribution in [3.63, 3.8) is 0 Å². The molecule has 1 saturated heterocycles. The molecule has 7 nitrogen and oxygen atoms in total. The first-order valence-electron chi connectivity index (χ1n) is 8.88. The third-order valence-corrected chi connectivity index (χ3v) is 5.89. The number of pyridine rings is 1. The molecule has 0 bridgehead atoms. The van der Waals surface area contributed by atoms with Gasteiger partial charge in [0.25, 0.3) is 0 Å². The number of carbonyl (C=O) groups excluding carboxylic acids is 1. The van der Waals surface area contributed by atoms with Crippen LogP contribution < -0.4 is 14.2 Å². The smallest absolute Gasteiger partial charge is 0.243 e. The van der Waals surface area contributed by atoms with E-state index in [9.17, 15) is 13.2 Å². The summed E-state index contributed by atoms with van der Waals surface area (Å²) in [5.74, 6) is -0.176. The van der Waals surface area contributed by atoms with Crippen molar-refractivity contribution in [3.05, 3.63) is 54.4 Å². The van der Waals surface area contributed by atoms with E-state index in [0.29, 0.717) is 18.8 Å². The summed E-state index contributed by atoms with van der Waals surface area (Å²) in [7, 11) is -3.56. The van der Waals surface area contributed by atoms with Gasteiger partial charge in [0.15, 0.2) is 12.4 Å². The first kappa shape index (κ1) is 19.2. The summed E-state index contributed by atoms with van der Waals surface area (Å²) in [6.45, 7) is 4.25. The lowest BCUT2D eigenvalue weighted by Crippen LogP contribution is -2.52. The topological polar surface area (TPSA) is 75.1 Å². The maximum atomic E-state index is 12.8. The number of hydrogen-bond donors (Lipinski definition) is 0. The Morgan fingerprint density at radius 2 is 1.70 bits per heavy atom. The highest BCUT2D eigenvalue weighted by Gasteiger charge is 2.27. The van der Waals surface area contributed by atoms with Crippen LogP contribution in [0, 0.1) is 6.92 Å². The molecule has 2 heterocycles. The number of aromatic nitrogens is 1. The van der Waals surface area contributed by atoms with Gasteiger partial charge in [-0.1, -0.05) is 18.2 Å². The van der Waals surface area contributed by atoms with Crippen LogP contribution in [0.1, 0.15) is 5.56 Å². The highest BCUT2D eigenvalue weighted by molar-refractivity contribution is 7.92. The van der Waals surface area contributed by atoms with Crippen molar-refractivity contribution >= 4 is 27.3 Å². The van der Waals surface area contributed by atoms with Crippen LogP contribution in [0.5, 0.6) is 0 Å². The van der Waals surface area contributed by atoms with Crippen molar-refractivity contribution in [3.8, 4) is 0 Å². The van der Waals surface area contributed by atoms with Crippen molar-refractivity contribution in [2.45, 2.75) is 6.92 Å². The number of aromatic amines is 1. The molecule has 1 aromatic heterocycles. The second-order valence-corrected chi connectivity index (χ2v) is 8.59. The zero-order valence-electron chi connectivity index (χ0n) is 15.6. The summed E-state index contributed by atoms with van der Waals surface area (Å²) in [6, 6.07) is 11.2. The Morgan fingerprint density at radius 3 is 2.30 bits per heavy atom. The van der Waals surface area contributed by atoms with Gasteiger partial charge in [-0.3, -0.25) is 9.10 Å². The number of para-hydroxylation sites is 1. The Labute approximate surface area is 160 Å². The molecule has 0 unspecified atom stereocenters. The Bertz CT molecular complexity index is 894. The highest BCUT2D eigenvalue weighted by atomic mass is 32.2. The second-order valence-electron chi connectivity index (χ2n) is 6.68. The molecule has 0 spiro atoms. The SMILES string of the molecule is Cc1ccccc1N(CC(=O)N1CCN(c2cc[nH+]cc2)CC1)S(C)(=O)=O. The number of benzene rings is 1. The van der Waals surface area contributed by atoms with E-state index < -0.39 is 10.0 Å². The number of hydrogen-bond acceptors (Lipinski definition) is 4. The number of anilines is 2. The number of nitrogens with zero attached hydrogens (tertiary/aromatic N) is 3. The minimum absolute atomic E-state index is 0.176. The Morgan fingerprint density at radius 1 is 1.07 bits per heavy atom. The van der Waals surface area contributed by atoms with Crippen LogP contribution in [0.3, 0.4) is 0 Å². The fourth-order valence-electron chi connectivity index (χ4n) is 3.25. The number of H-pyrrole nitrogens is 1.